The summed E-state index contributed by atoms with van der Waals surface area (Å²) in [6.45, 7) is 3.63. The van der Waals surface area contributed by atoms with E-state index in [4.69, 9.17) is 11.6 Å². The SMILES string of the molecule is Cc1nc(Cl)c(C)c(Sc2cccc(F)c2)n1. The van der Waals surface area contributed by atoms with Gasteiger partial charge in [-0.25, -0.2) is 14.4 Å². The van der Waals surface area contributed by atoms with Crippen molar-refractivity contribution in [1.82, 2.24) is 9.97 Å². The first-order valence-corrected chi connectivity index (χ1v) is 6.20. The molecule has 0 spiro atoms. The Bertz CT molecular complexity index is 560. The minimum atomic E-state index is -0.260. The topological polar surface area (TPSA) is 25.8 Å². The highest BCUT2D eigenvalue weighted by atomic mass is 35.5. The molecule has 1 heterocycles. The maximum atomic E-state index is 13.1. The average Bonchev–Trinajstić information content (AvgIpc) is 2.25. The Labute approximate surface area is 108 Å². The van der Waals surface area contributed by atoms with Gasteiger partial charge in [0.05, 0.1) is 0 Å². The summed E-state index contributed by atoms with van der Waals surface area (Å²) in [7, 11) is 0. The molecule has 0 aliphatic carbocycles. The van der Waals surface area contributed by atoms with E-state index >= 15 is 0 Å². The highest BCUT2D eigenvalue weighted by Gasteiger charge is 2.09. The lowest BCUT2D eigenvalue weighted by Gasteiger charge is -2.06. The summed E-state index contributed by atoms with van der Waals surface area (Å²) in [4.78, 5) is 9.16. The predicted octanol–water partition coefficient (Wildman–Crippen LogP) is 4.04. The quantitative estimate of drug-likeness (QED) is 0.769. The van der Waals surface area contributed by atoms with Crippen molar-refractivity contribution in [3.05, 3.63) is 46.6 Å². The first kappa shape index (κ1) is 12.3. The molecule has 1 aromatic carbocycles. The number of nitrogens with zero attached hydrogens (tertiary/aromatic N) is 2. The zero-order valence-corrected chi connectivity index (χ0v) is 10.9. The lowest BCUT2D eigenvalue weighted by Crippen LogP contribution is -1.95. The Hall–Kier alpha value is -1.13. The molecular weight excluding hydrogens is 259 g/mol. The number of benzene rings is 1. The van der Waals surface area contributed by atoms with E-state index in [1.165, 1.54) is 23.9 Å². The molecule has 0 saturated carbocycles. The van der Waals surface area contributed by atoms with Crippen LogP contribution in [0.2, 0.25) is 5.15 Å². The Kier molecular flexibility index (Phi) is 3.64. The molecule has 17 heavy (non-hydrogen) atoms. The van der Waals surface area contributed by atoms with Crippen molar-refractivity contribution in [3.8, 4) is 0 Å². The van der Waals surface area contributed by atoms with Crippen LogP contribution >= 0.6 is 23.4 Å². The lowest BCUT2D eigenvalue weighted by atomic mass is 10.3. The van der Waals surface area contributed by atoms with Crippen molar-refractivity contribution < 1.29 is 4.39 Å². The fraction of sp³-hybridized carbons (Fsp3) is 0.167. The van der Waals surface area contributed by atoms with Crippen LogP contribution in [-0.4, -0.2) is 9.97 Å². The second-order valence-corrected chi connectivity index (χ2v) is 4.97. The van der Waals surface area contributed by atoms with Gasteiger partial charge in [0, 0.05) is 10.5 Å². The third kappa shape index (κ3) is 2.96. The number of halogens is 2. The Morgan fingerprint density at radius 2 is 2.00 bits per heavy atom. The minimum absolute atomic E-state index is 0.260. The maximum absolute atomic E-state index is 13.1. The molecule has 88 valence electrons. The molecule has 2 aromatic rings. The second-order valence-electron chi connectivity index (χ2n) is 3.55. The normalized spacial score (nSPS) is 10.6. The van der Waals surface area contributed by atoms with Gasteiger partial charge < -0.3 is 0 Å². The molecule has 0 bridgehead atoms. The van der Waals surface area contributed by atoms with Gasteiger partial charge in [0.15, 0.2) is 0 Å². The molecule has 2 rings (SSSR count). The summed E-state index contributed by atoms with van der Waals surface area (Å²) in [5.74, 6) is 0.351. The summed E-state index contributed by atoms with van der Waals surface area (Å²) in [6, 6.07) is 6.38. The van der Waals surface area contributed by atoms with E-state index in [0.29, 0.717) is 11.0 Å². The van der Waals surface area contributed by atoms with Gasteiger partial charge in [0.2, 0.25) is 0 Å². The molecule has 0 saturated heterocycles. The van der Waals surface area contributed by atoms with Crippen molar-refractivity contribution >= 4 is 23.4 Å². The molecule has 0 radical (unpaired) electrons. The number of hydrogen-bond acceptors (Lipinski definition) is 3. The van der Waals surface area contributed by atoms with E-state index in [9.17, 15) is 4.39 Å². The van der Waals surface area contributed by atoms with Crippen molar-refractivity contribution in [2.24, 2.45) is 0 Å². The zero-order valence-electron chi connectivity index (χ0n) is 9.37. The molecule has 0 aliphatic heterocycles. The summed E-state index contributed by atoms with van der Waals surface area (Å²) in [5.41, 5.74) is 0.812. The van der Waals surface area contributed by atoms with Gasteiger partial charge in [-0.15, -0.1) is 0 Å². The maximum Gasteiger partial charge on any atom is 0.136 e. The molecule has 0 atom stereocenters. The summed E-state index contributed by atoms with van der Waals surface area (Å²) in [6.07, 6.45) is 0. The van der Waals surface area contributed by atoms with Gasteiger partial charge in [0.1, 0.15) is 21.8 Å². The molecule has 5 heteroatoms. The van der Waals surface area contributed by atoms with Crippen LogP contribution in [0.5, 0.6) is 0 Å². The molecule has 0 aliphatic rings. The van der Waals surface area contributed by atoms with Crippen molar-refractivity contribution in [2.45, 2.75) is 23.8 Å². The monoisotopic (exact) mass is 268 g/mol. The molecule has 2 nitrogen and oxygen atoms in total. The van der Waals surface area contributed by atoms with Gasteiger partial charge in [-0.2, -0.15) is 0 Å². The Morgan fingerprint density at radius 1 is 1.24 bits per heavy atom. The summed E-state index contributed by atoms with van der Waals surface area (Å²) < 4.78 is 13.1. The Morgan fingerprint density at radius 3 is 2.71 bits per heavy atom. The van der Waals surface area contributed by atoms with E-state index in [1.807, 2.05) is 13.0 Å². The third-order valence-corrected chi connectivity index (χ3v) is 3.61. The van der Waals surface area contributed by atoms with Gasteiger partial charge >= 0.3 is 0 Å². The van der Waals surface area contributed by atoms with Gasteiger partial charge in [-0.1, -0.05) is 29.4 Å². The molecule has 1 aromatic heterocycles. The fourth-order valence-electron chi connectivity index (χ4n) is 1.31. The minimum Gasteiger partial charge on any atom is -0.226 e. The van der Waals surface area contributed by atoms with Crippen LogP contribution in [-0.2, 0) is 0 Å². The van der Waals surface area contributed by atoms with E-state index in [-0.39, 0.29) is 5.82 Å². The second kappa shape index (κ2) is 5.02. The van der Waals surface area contributed by atoms with E-state index in [0.717, 1.165) is 15.5 Å². The molecule has 0 unspecified atom stereocenters. The van der Waals surface area contributed by atoms with Crippen LogP contribution in [0.3, 0.4) is 0 Å². The molecular formula is C12H10ClFN2S. The van der Waals surface area contributed by atoms with Gasteiger partial charge in [-0.3, -0.25) is 0 Å². The van der Waals surface area contributed by atoms with E-state index < -0.39 is 0 Å². The van der Waals surface area contributed by atoms with E-state index in [2.05, 4.69) is 9.97 Å². The molecule has 0 amide bonds. The lowest BCUT2D eigenvalue weighted by molar-refractivity contribution is 0.624. The highest BCUT2D eigenvalue weighted by Crippen LogP contribution is 2.31. The summed E-state index contributed by atoms with van der Waals surface area (Å²) >= 11 is 7.36. The van der Waals surface area contributed by atoms with Crippen LogP contribution in [0.1, 0.15) is 11.4 Å². The fourth-order valence-corrected chi connectivity index (χ4v) is 2.55. The third-order valence-electron chi connectivity index (χ3n) is 2.16. The number of aryl methyl sites for hydroxylation is 1. The highest BCUT2D eigenvalue weighted by molar-refractivity contribution is 7.99. The van der Waals surface area contributed by atoms with Crippen molar-refractivity contribution in [1.29, 1.82) is 0 Å². The van der Waals surface area contributed by atoms with Gasteiger partial charge in [-0.05, 0) is 32.0 Å². The smallest absolute Gasteiger partial charge is 0.136 e. The number of hydrogen-bond donors (Lipinski definition) is 0. The van der Waals surface area contributed by atoms with Gasteiger partial charge in [0.25, 0.3) is 0 Å². The first-order valence-electron chi connectivity index (χ1n) is 5.00. The average molecular weight is 269 g/mol. The number of rotatable bonds is 2. The van der Waals surface area contributed by atoms with Crippen LogP contribution in [0, 0.1) is 19.7 Å². The molecule has 0 N–H and O–H groups in total. The van der Waals surface area contributed by atoms with Crippen LogP contribution in [0.4, 0.5) is 4.39 Å². The van der Waals surface area contributed by atoms with Crippen LogP contribution in [0.25, 0.3) is 0 Å². The summed E-state index contributed by atoms with van der Waals surface area (Å²) in [5, 5.41) is 1.20. The zero-order chi connectivity index (χ0) is 12.4. The predicted molar refractivity (Wildman–Crippen MR) is 67.0 cm³/mol. The molecule has 0 fully saturated rings. The number of aromatic nitrogens is 2. The first-order chi connectivity index (χ1) is 8.06. The van der Waals surface area contributed by atoms with Crippen LogP contribution in [0.15, 0.2) is 34.2 Å². The standard InChI is InChI=1S/C12H10ClFN2S/c1-7-11(13)15-8(2)16-12(7)17-10-5-3-4-9(14)6-10/h3-6H,1-2H3. The van der Waals surface area contributed by atoms with Crippen molar-refractivity contribution in [3.63, 3.8) is 0 Å². The van der Waals surface area contributed by atoms with Crippen LogP contribution < -0.4 is 0 Å². The Balaban J connectivity index is 2.36. The van der Waals surface area contributed by atoms with E-state index in [1.54, 1.807) is 13.0 Å². The largest absolute Gasteiger partial charge is 0.226 e. The van der Waals surface area contributed by atoms with Crippen molar-refractivity contribution in [2.75, 3.05) is 0 Å².